The number of pyridine rings is 1. The number of carbonyl (C=O) groups excluding carboxylic acids is 1. The first-order valence-electron chi connectivity index (χ1n) is 17.1. The second-order valence-electron chi connectivity index (χ2n) is 13.8. The van der Waals surface area contributed by atoms with Gasteiger partial charge < -0.3 is 25.8 Å². The van der Waals surface area contributed by atoms with Crippen LogP contribution < -0.4 is 21.1 Å². The number of nitrogens with two attached hydrogens (primary N) is 1. The lowest BCUT2D eigenvalue weighted by atomic mass is 9.91. The van der Waals surface area contributed by atoms with Crippen LogP contribution in [0.3, 0.4) is 0 Å². The van der Waals surface area contributed by atoms with Crippen LogP contribution in [0.15, 0.2) is 54.7 Å². The average Bonchev–Trinajstić information content (AvgIpc) is 3.04. The second kappa shape index (κ2) is 15.2. The maximum Gasteiger partial charge on any atom is 0.257 e. The Morgan fingerprint density at radius 2 is 1.85 bits per heavy atom. The number of carbonyl (C=O) groups is 1. The molecule has 4 N–H and O–H groups in total. The van der Waals surface area contributed by atoms with Gasteiger partial charge in [-0.1, -0.05) is 30.3 Å². The van der Waals surface area contributed by atoms with Crippen LogP contribution >= 0.6 is 0 Å². The van der Waals surface area contributed by atoms with Crippen LogP contribution in [0.25, 0.3) is 11.1 Å². The van der Waals surface area contributed by atoms with Crippen LogP contribution in [0.4, 0.5) is 4.39 Å². The van der Waals surface area contributed by atoms with E-state index in [1.165, 1.54) is 17.2 Å². The third-order valence-corrected chi connectivity index (χ3v) is 9.62. The van der Waals surface area contributed by atoms with E-state index in [2.05, 4.69) is 70.5 Å². The molecule has 1 aliphatic carbocycles. The molecule has 3 atom stereocenters. The van der Waals surface area contributed by atoms with Crippen LogP contribution in [0.2, 0.25) is 0 Å². The van der Waals surface area contributed by atoms with Gasteiger partial charge in [0, 0.05) is 62.9 Å². The van der Waals surface area contributed by atoms with E-state index in [1.807, 2.05) is 18.2 Å². The highest BCUT2D eigenvalue weighted by Crippen LogP contribution is 2.32. The van der Waals surface area contributed by atoms with Crippen molar-refractivity contribution in [2.75, 3.05) is 32.8 Å². The van der Waals surface area contributed by atoms with Crippen LogP contribution in [0.5, 0.6) is 11.6 Å². The molecule has 3 heterocycles. The van der Waals surface area contributed by atoms with E-state index in [1.54, 1.807) is 0 Å². The molecule has 2 aromatic carbocycles. The molecule has 6 rings (SSSR count). The minimum Gasteiger partial charge on any atom is -0.438 e. The molecule has 10 heteroatoms. The van der Waals surface area contributed by atoms with E-state index < -0.39 is 11.7 Å². The van der Waals surface area contributed by atoms with Crippen LogP contribution in [0.1, 0.15) is 67.9 Å². The van der Waals surface area contributed by atoms with Gasteiger partial charge in [-0.3, -0.25) is 14.6 Å². The molecule has 0 bridgehead atoms. The van der Waals surface area contributed by atoms with Gasteiger partial charge in [0.1, 0.15) is 17.1 Å². The fourth-order valence-corrected chi connectivity index (χ4v) is 7.24. The summed E-state index contributed by atoms with van der Waals surface area (Å²) < 4.78 is 26.2. The highest BCUT2D eigenvalue weighted by molar-refractivity contribution is 5.96. The van der Waals surface area contributed by atoms with Crippen LogP contribution in [-0.2, 0) is 17.8 Å². The molecule has 0 radical (unpaired) electrons. The standard InChI is InChI=1S/C37H49FN6O3/c1-24-19-43(20-25(2)41-24)21-27-7-12-34(29(15-27)22-44-13-14-46-23-26(44)3)28-5-4-6-33(16-28)47-37-35(17-30(38)18-40-37)36(45)42-32-10-8-31(39)9-11-32/h4-7,12,15-18,24-26,31-32,41H,8-11,13-14,19-23,39H2,1-3H3,(H,42,45)/t24-,25+,26-,31?,32?/m0/s1. The number of nitrogens with zero attached hydrogens (tertiary/aromatic N) is 3. The first-order chi connectivity index (χ1) is 22.7. The lowest BCUT2D eigenvalue weighted by molar-refractivity contribution is -0.00431. The van der Waals surface area contributed by atoms with Crippen molar-refractivity contribution in [3.8, 4) is 22.8 Å². The molecule has 9 nitrogen and oxygen atoms in total. The Hall–Kier alpha value is -3.41. The molecule has 3 fully saturated rings. The summed E-state index contributed by atoms with van der Waals surface area (Å²) in [5.74, 6) is -0.383. The largest absolute Gasteiger partial charge is 0.438 e. The quantitative estimate of drug-likeness (QED) is 0.296. The van der Waals surface area contributed by atoms with E-state index in [-0.39, 0.29) is 23.5 Å². The van der Waals surface area contributed by atoms with Gasteiger partial charge in [-0.05, 0) is 86.9 Å². The molecule has 252 valence electrons. The lowest BCUT2D eigenvalue weighted by Gasteiger charge is -2.36. The number of hydrogen-bond donors (Lipinski definition) is 3. The van der Waals surface area contributed by atoms with Gasteiger partial charge in [0.15, 0.2) is 0 Å². The van der Waals surface area contributed by atoms with E-state index in [9.17, 15) is 9.18 Å². The molecule has 1 aromatic heterocycles. The van der Waals surface area contributed by atoms with Crippen molar-refractivity contribution in [3.05, 3.63) is 77.2 Å². The minimum absolute atomic E-state index is 0.00398. The maximum atomic E-state index is 14.3. The lowest BCUT2D eigenvalue weighted by Crippen LogP contribution is -2.53. The predicted octanol–water partition coefficient (Wildman–Crippen LogP) is 5.08. The number of rotatable bonds is 9. The summed E-state index contributed by atoms with van der Waals surface area (Å²) in [6.07, 6.45) is 4.38. The smallest absolute Gasteiger partial charge is 0.257 e. The minimum atomic E-state index is -0.589. The van der Waals surface area contributed by atoms with Crippen molar-refractivity contribution < 1.29 is 18.7 Å². The molecular weight excluding hydrogens is 595 g/mol. The third kappa shape index (κ3) is 8.74. The summed E-state index contributed by atoms with van der Waals surface area (Å²) in [6, 6.07) is 17.2. The Balaban J connectivity index is 1.25. The molecule has 47 heavy (non-hydrogen) atoms. The molecule has 1 saturated carbocycles. The van der Waals surface area contributed by atoms with Gasteiger partial charge in [0.25, 0.3) is 5.91 Å². The maximum absolute atomic E-state index is 14.3. The molecule has 1 amide bonds. The summed E-state index contributed by atoms with van der Waals surface area (Å²) in [4.78, 5) is 22.5. The molecule has 2 aliphatic heterocycles. The first-order valence-corrected chi connectivity index (χ1v) is 17.1. The number of benzene rings is 2. The summed E-state index contributed by atoms with van der Waals surface area (Å²) in [5.41, 5.74) is 10.8. The van der Waals surface area contributed by atoms with Gasteiger partial charge in [0.05, 0.1) is 19.4 Å². The first kappa shape index (κ1) is 33.5. The Kier molecular flexibility index (Phi) is 10.8. The Labute approximate surface area is 278 Å². The normalized spacial score (nSPS) is 25.8. The SMILES string of the molecule is C[C@@H]1CN(Cc2ccc(-c3cccc(Oc4ncc(F)cc4C(=O)NC4CCC(N)CC4)c3)c(CN3CCOC[C@@H]3C)c2)C[C@H](C)N1. The van der Waals surface area contributed by atoms with Gasteiger partial charge in [0.2, 0.25) is 5.88 Å². The molecule has 0 spiro atoms. The van der Waals surface area contributed by atoms with E-state index >= 15 is 0 Å². The van der Waals surface area contributed by atoms with Crippen molar-refractivity contribution in [2.24, 2.45) is 5.73 Å². The van der Waals surface area contributed by atoms with E-state index in [0.29, 0.717) is 23.9 Å². The van der Waals surface area contributed by atoms with Gasteiger partial charge in [-0.25, -0.2) is 9.37 Å². The number of morpholine rings is 1. The van der Waals surface area contributed by atoms with Crippen molar-refractivity contribution in [2.45, 2.75) is 89.8 Å². The summed E-state index contributed by atoms with van der Waals surface area (Å²) in [6.45, 7) is 12.8. The number of hydrogen-bond acceptors (Lipinski definition) is 8. The number of aromatic nitrogens is 1. The van der Waals surface area contributed by atoms with Crippen LogP contribution in [0, 0.1) is 5.82 Å². The van der Waals surface area contributed by atoms with E-state index in [4.69, 9.17) is 15.2 Å². The topological polar surface area (TPSA) is 105 Å². The number of ether oxygens (including phenoxy) is 2. The average molecular weight is 645 g/mol. The zero-order chi connectivity index (χ0) is 32.9. The Bertz CT molecular complexity index is 1520. The van der Waals surface area contributed by atoms with Gasteiger partial charge in [-0.15, -0.1) is 0 Å². The molecule has 3 aromatic rings. The molecule has 3 aliphatic rings. The molecule has 0 unspecified atom stereocenters. The fourth-order valence-electron chi connectivity index (χ4n) is 7.24. The molecular formula is C37H49FN6O3. The number of nitrogens with one attached hydrogen (secondary N) is 2. The number of piperazine rings is 1. The van der Waals surface area contributed by atoms with Crippen molar-refractivity contribution in [1.82, 2.24) is 25.4 Å². The predicted molar refractivity (Wildman–Crippen MR) is 182 cm³/mol. The highest BCUT2D eigenvalue weighted by Gasteiger charge is 2.25. The zero-order valence-electron chi connectivity index (χ0n) is 27.9. The van der Waals surface area contributed by atoms with Crippen LogP contribution in [-0.4, -0.2) is 83.7 Å². The van der Waals surface area contributed by atoms with E-state index in [0.717, 1.165) is 88.9 Å². The summed E-state index contributed by atoms with van der Waals surface area (Å²) >= 11 is 0. The Morgan fingerprint density at radius 1 is 1.06 bits per heavy atom. The summed E-state index contributed by atoms with van der Waals surface area (Å²) in [7, 11) is 0. The second-order valence-corrected chi connectivity index (χ2v) is 13.8. The highest BCUT2D eigenvalue weighted by atomic mass is 19.1. The number of amides is 1. The monoisotopic (exact) mass is 644 g/mol. The third-order valence-electron chi connectivity index (χ3n) is 9.62. The zero-order valence-corrected chi connectivity index (χ0v) is 27.9. The number of halogens is 1. The van der Waals surface area contributed by atoms with Gasteiger partial charge >= 0.3 is 0 Å². The van der Waals surface area contributed by atoms with Crippen molar-refractivity contribution in [3.63, 3.8) is 0 Å². The fraction of sp³-hybridized carbons (Fsp3) is 0.514. The van der Waals surface area contributed by atoms with Gasteiger partial charge in [-0.2, -0.15) is 0 Å². The Morgan fingerprint density at radius 3 is 2.62 bits per heavy atom. The van der Waals surface area contributed by atoms with Crippen molar-refractivity contribution >= 4 is 5.91 Å². The summed E-state index contributed by atoms with van der Waals surface area (Å²) in [5, 5.41) is 6.66. The van der Waals surface area contributed by atoms with Crippen molar-refractivity contribution in [1.29, 1.82) is 0 Å². The molecule has 2 saturated heterocycles.